The summed E-state index contributed by atoms with van der Waals surface area (Å²) in [6.45, 7) is 2.88. The van der Waals surface area contributed by atoms with Crippen LogP contribution in [0, 0.1) is 12.7 Å². The van der Waals surface area contributed by atoms with E-state index in [0.717, 1.165) is 16.0 Å². The number of carbonyl (C=O) groups excluding carboxylic acids is 3. The minimum absolute atomic E-state index is 0.124. The predicted octanol–water partition coefficient (Wildman–Crippen LogP) is 7.28. The number of halogens is 3. The van der Waals surface area contributed by atoms with Crippen molar-refractivity contribution in [3.05, 3.63) is 101 Å². The van der Waals surface area contributed by atoms with Crippen molar-refractivity contribution in [3.63, 3.8) is 0 Å². The van der Waals surface area contributed by atoms with Crippen LogP contribution in [-0.2, 0) is 11.2 Å². The van der Waals surface area contributed by atoms with Gasteiger partial charge in [0.1, 0.15) is 17.8 Å². The van der Waals surface area contributed by atoms with E-state index in [2.05, 4.69) is 15.3 Å². The summed E-state index contributed by atoms with van der Waals surface area (Å²) in [6.07, 6.45) is 2.90. The molecule has 0 bridgehead atoms. The average molecular weight is 628 g/mol. The highest BCUT2D eigenvalue weighted by Gasteiger charge is 2.40. The number of hydrogen-bond acceptors (Lipinski definition) is 5. The Bertz CT molecular complexity index is 1960. The first-order valence-corrected chi connectivity index (χ1v) is 14.7. The Morgan fingerprint density at radius 1 is 1.00 bits per heavy atom. The van der Waals surface area contributed by atoms with Crippen molar-refractivity contribution in [3.8, 4) is 22.3 Å². The zero-order valence-electron chi connectivity index (χ0n) is 24.4. The number of fused-ring (bicyclic) bond motifs is 1. The first-order chi connectivity index (χ1) is 21.6. The van der Waals surface area contributed by atoms with Gasteiger partial charge >= 0.3 is 6.03 Å². The van der Waals surface area contributed by atoms with Gasteiger partial charge in [0.05, 0.1) is 23.8 Å². The number of carbonyl (C=O) groups is 3. The topological polar surface area (TPSA) is 97.2 Å². The molecule has 6 rings (SSSR count). The Kier molecular flexibility index (Phi) is 8.16. The molecule has 45 heavy (non-hydrogen) atoms. The predicted molar refractivity (Wildman–Crippen MR) is 169 cm³/mol. The summed E-state index contributed by atoms with van der Waals surface area (Å²) >= 11 is 6.27. The molecule has 1 N–H and O–H groups in total. The van der Waals surface area contributed by atoms with Gasteiger partial charge in [0.15, 0.2) is 5.78 Å². The molecule has 0 unspecified atom stereocenters. The standard InChI is InChI=1S/C34H28ClF2N5O3/c1-19-38-15-23(16-39-19)21-10-11-27-29(18-41(20(2)43)30(27)12-21)40-34(45)42-17-24(36)14-31(42)32(44)13-22-6-5-8-26(33(22)37)25-7-3-4-9-28(25)35/h3-12,15-16,18,24,31H,13-14,17H2,1-2H3,(H,40,45)/t24-,31+/m1/s1. The molecule has 11 heteroatoms. The molecule has 0 aliphatic carbocycles. The van der Waals surface area contributed by atoms with E-state index < -0.39 is 29.8 Å². The first kappa shape index (κ1) is 30.1. The molecular formula is C34H28ClF2N5O3. The van der Waals surface area contributed by atoms with E-state index in [1.807, 2.05) is 6.07 Å². The van der Waals surface area contributed by atoms with Crippen molar-refractivity contribution in [2.75, 3.05) is 11.9 Å². The molecule has 0 saturated carbocycles. The van der Waals surface area contributed by atoms with Crippen molar-refractivity contribution in [1.29, 1.82) is 0 Å². The first-order valence-electron chi connectivity index (χ1n) is 14.3. The number of rotatable bonds is 6. The lowest BCUT2D eigenvalue weighted by Gasteiger charge is -2.23. The van der Waals surface area contributed by atoms with Crippen LogP contribution in [-0.4, -0.2) is 55.9 Å². The smallest absolute Gasteiger partial charge is 0.311 e. The van der Waals surface area contributed by atoms with Gasteiger partial charge in [0.25, 0.3) is 0 Å². The molecular weight excluding hydrogens is 600 g/mol. The number of urea groups is 1. The van der Waals surface area contributed by atoms with Gasteiger partial charge in [-0.3, -0.25) is 14.2 Å². The van der Waals surface area contributed by atoms with Crippen molar-refractivity contribution in [2.24, 2.45) is 0 Å². The molecule has 3 aromatic carbocycles. The molecule has 228 valence electrons. The Morgan fingerprint density at radius 2 is 1.73 bits per heavy atom. The van der Waals surface area contributed by atoms with Gasteiger partial charge in [-0.05, 0) is 30.2 Å². The van der Waals surface area contributed by atoms with E-state index in [-0.39, 0.29) is 36.4 Å². The maximum absolute atomic E-state index is 15.6. The van der Waals surface area contributed by atoms with Crippen LogP contribution < -0.4 is 5.32 Å². The quantitative estimate of drug-likeness (QED) is 0.213. The van der Waals surface area contributed by atoms with E-state index in [0.29, 0.717) is 33.0 Å². The second-order valence-electron chi connectivity index (χ2n) is 11.0. The Balaban J connectivity index is 1.25. The third kappa shape index (κ3) is 5.93. The monoisotopic (exact) mass is 627 g/mol. The summed E-state index contributed by atoms with van der Waals surface area (Å²) in [5.41, 5.74) is 3.25. The van der Waals surface area contributed by atoms with E-state index in [9.17, 15) is 18.8 Å². The number of likely N-dealkylation sites (tertiary alicyclic amines) is 1. The summed E-state index contributed by atoms with van der Waals surface area (Å²) in [4.78, 5) is 49.1. The van der Waals surface area contributed by atoms with Crippen LogP contribution in [0.2, 0.25) is 5.02 Å². The molecule has 1 saturated heterocycles. The van der Waals surface area contributed by atoms with Gasteiger partial charge in [-0.2, -0.15) is 0 Å². The second-order valence-corrected chi connectivity index (χ2v) is 11.4. The number of amides is 2. The van der Waals surface area contributed by atoms with Gasteiger partial charge in [-0.25, -0.2) is 23.5 Å². The molecule has 8 nitrogen and oxygen atoms in total. The Morgan fingerprint density at radius 3 is 2.47 bits per heavy atom. The largest absolute Gasteiger partial charge is 0.322 e. The maximum atomic E-state index is 15.6. The van der Waals surface area contributed by atoms with E-state index in [1.165, 1.54) is 23.8 Å². The molecule has 0 spiro atoms. The number of Topliss-reactive ketones (excluding diaryl/α,β-unsaturated/α-hetero) is 1. The van der Waals surface area contributed by atoms with Crippen molar-refractivity contribution in [1.82, 2.24) is 19.4 Å². The lowest BCUT2D eigenvalue weighted by Crippen LogP contribution is -2.43. The highest BCUT2D eigenvalue weighted by molar-refractivity contribution is 6.33. The molecule has 1 aliphatic heterocycles. The molecule has 2 aromatic heterocycles. The third-order valence-electron chi connectivity index (χ3n) is 7.99. The van der Waals surface area contributed by atoms with Gasteiger partial charge in [0, 0.05) is 65.5 Å². The number of nitrogens with one attached hydrogen (secondary N) is 1. The summed E-state index contributed by atoms with van der Waals surface area (Å²) in [5.74, 6) is -0.742. The molecule has 2 atom stereocenters. The highest BCUT2D eigenvalue weighted by Crippen LogP contribution is 2.33. The van der Waals surface area contributed by atoms with Crippen LogP contribution in [0.5, 0.6) is 0 Å². The van der Waals surface area contributed by atoms with Crippen LogP contribution in [0.3, 0.4) is 0 Å². The van der Waals surface area contributed by atoms with Crippen LogP contribution >= 0.6 is 11.6 Å². The van der Waals surface area contributed by atoms with Crippen LogP contribution in [0.1, 0.15) is 29.5 Å². The fourth-order valence-electron chi connectivity index (χ4n) is 5.72. The Labute approximate surface area is 262 Å². The fourth-order valence-corrected chi connectivity index (χ4v) is 5.96. The minimum Gasteiger partial charge on any atom is -0.311 e. The highest BCUT2D eigenvalue weighted by atomic mass is 35.5. The van der Waals surface area contributed by atoms with E-state index >= 15 is 4.39 Å². The Hall–Kier alpha value is -4.96. The van der Waals surface area contributed by atoms with E-state index in [4.69, 9.17) is 11.6 Å². The molecule has 1 fully saturated rings. The van der Waals surface area contributed by atoms with Gasteiger partial charge < -0.3 is 10.2 Å². The number of benzene rings is 3. The lowest BCUT2D eigenvalue weighted by molar-refractivity contribution is -0.122. The number of anilines is 1. The number of aromatic nitrogens is 3. The maximum Gasteiger partial charge on any atom is 0.322 e. The number of nitrogens with zero attached hydrogens (tertiary/aromatic N) is 4. The summed E-state index contributed by atoms with van der Waals surface area (Å²) in [5, 5.41) is 3.71. The molecule has 5 aromatic rings. The average Bonchev–Trinajstić information content (AvgIpc) is 3.59. The van der Waals surface area contributed by atoms with Crippen molar-refractivity contribution < 1.29 is 23.2 Å². The van der Waals surface area contributed by atoms with Crippen molar-refractivity contribution >= 4 is 45.9 Å². The zero-order valence-corrected chi connectivity index (χ0v) is 25.2. The van der Waals surface area contributed by atoms with Gasteiger partial charge in [0.2, 0.25) is 5.91 Å². The second kappa shape index (κ2) is 12.2. The molecule has 3 heterocycles. The van der Waals surface area contributed by atoms with Crippen LogP contribution in [0.4, 0.5) is 19.3 Å². The molecule has 1 aliphatic rings. The van der Waals surface area contributed by atoms with Crippen molar-refractivity contribution in [2.45, 2.75) is 38.9 Å². The molecule has 2 amide bonds. The summed E-state index contributed by atoms with van der Waals surface area (Å²) in [7, 11) is 0. The number of aryl methyl sites for hydroxylation is 1. The van der Waals surface area contributed by atoms with Gasteiger partial charge in [-0.1, -0.05) is 60.1 Å². The van der Waals surface area contributed by atoms with Gasteiger partial charge in [-0.15, -0.1) is 0 Å². The van der Waals surface area contributed by atoms with Crippen LogP contribution in [0.15, 0.2) is 79.3 Å². The lowest BCUT2D eigenvalue weighted by atomic mass is 9.97. The van der Waals surface area contributed by atoms with Crippen LogP contribution in [0.25, 0.3) is 33.2 Å². The normalized spacial score (nSPS) is 16.2. The summed E-state index contributed by atoms with van der Waals surface area (Å²) in [6, 6.07) is 15.1. The minimum atomic E-state index is -1.43. The summed E-state index contributed by atoms with van der Waals surface area (Å²) < 4.78 is 31.7. The SMILES string of the molecule is CC(=O)n1cc(NC(=O)N2C[C@H](F)C[C@H]2C(=O)Cc2cccc(-c3ccccc3Cl)c2F)c2ccc(-c3cnc(C)nc3)cc21. The number of ketones is 1. The fraction of sp³-hybridized carbons (Fsp3) is 0.206. The van der Waals surface area contributed by atoms with E-state index in [1.54, 1.807) is 67.8 Å². The zero-order chi connectivity index (χ0) is 31.8. The third-order valence-corrected chi connectivity index (χ3v) is 8.32. The molecule has 0 radical (unpaired) electrons. The number of alkyl halides is 1. The number of hydrogen-bond donors (Lipinski definition) is 1.